The van der Waals surface area contributed by atoms with Gasteiger partial charge in [0.25, 0.3) is 0 Å². The van der Waals surface area contributed by atoms with Crippen molar-refractivity contribution in [3.8, 4) is 11.5 Å². The fraction of sp³-hybridized carbons (Fsp3) is 0.484. The second-order valence-corrected chi connectivity index (χ2v) is 12.9. The standard InChI is InChI=1S/C31H37Cl2IN2O7/c1-42-27-11-19(17-38)10-24(34)30(27)43-26-14-21(31(41)35-8-9-37)13-25(29(26)40)36(28(39)12-18-4-2-3-5-18)16-20-6-7-22(32)15-23(20)33/h6-7,10-11,14-15,18,25-26,29,37-38,40H,2-5,8-9,12-13,16-17H2,1H3,(H,35,41). The number of rotatable bonds is 12. The third-order valence-corrected chi connectivity index (χ3v) is 9.34. The van der Waals surface area contributed by atoms with Crippen LogP contribution in [0, 0.1) is 9.49 Å². The smallest absolute Gasteiger partial charge is 0.247 e. The highest BCUT2D eigenvalue weighted by atomic mass is 127. The average Bonchev–Trinajstić information content (AvgIpc) is 3.50. The summed E-state index contributed by atoms with van der Waals surface area (Å²) < 4.78 is 12.5. The van der Waals surface area contributed by atoms with Gasteiger partial charge < -0.3 is 35.0 Å². The fourth-order valence-corrected chi connectivity index (χ4v) is 6.96. The molecule has 234 valence electrons. The molecule has 4 rings (SSSR count). The maximum atomic E-state index is 14.0. The predicted octanol–water partition coefficient (Wildman–Crippen LogP) is 4.62. The lowest BCUT2D eigenvalue weighted by Crippen LogP contribution is -2.55. The molecular weight excluding hydrogens is 710 g/mol. The monoisotopic (exact) mass is 746 g/mol. The quantitative estimate of drug-likeness (QED) is 0.234. The largest absolute Gasteiger partial charge is 0.493 e. The van der Waals surface area contributed by atoms with E-state index in [2.05, 4.69) is 27.9 Å². The van der Waals surface area contributed by atoms with E-state index in [1.165, 1.54) is 7.11 Å². The van der Waals surface area contributed by atoms with Gasteiger partial charge in [-0.1, -0.05) is 42.1 Å². The number of ether oxygens (including phenoxy) is 2. The molecule has 2 amide bonds. The van der Waals surface area contributed by atoms with Crippen molar-refractivity contribution < 1.29 is 34.4 Å². The Morgan fingerprint density at radius 3 is 2.53 bits per heavy atom. The molecule has 2 aromatic carbocycles. The van der Waals surface area contributed by atoms with Gasteiger partial charge in [-0.05, 0) is 82.8 Å². The molecule has 12 heteroatoms. The van der Waals surface area contributed by atoms with Gasteiger partial charge in [0.1, 0.15) is 12.2 Å². The number of benzene rings is 2. The highest BCUT2D eigenvalue weighted by Gasteiger charge is 2.41. The fourth-order valence-electron chi connectivity index (χ4n) is 5.70. The van der Waals surface area contributed by atoms with Gasteiger partial charge in [0, 0.05) is 41.5 Å². The first-order chi connectivity index (χ1) is 20.6. The number of halogens is 3. The molecule has 3 atom stereocenters. The van der Waals surface area contributed by atoms with E-state index in [1.54, 1.807) is 41.3 Å². The first-order valence-corrected chi connectivity index (χ1v) is 16.1. The molecule has 0 saturated heterocycles. The molecule has 1 saturated carbocycles. The zero-order valence-corrected chi connectivity index (χ0v) is 27.6. The van der Waals surface area contributed by atoms with Crippen LogP contribution in [0.25, 0.3) is 0 Å². The molecule has 3 unspecified atom stereocenters. The summed E-state index contributed by atoms with van der Waals surface area (Å²) in [6, 6.07) is 7.62. The number of carbonyl (C=O) groups is 2. The van der Waals surface area contributed by atoms with Crippen molar-refractivity contribution in [3.05, 3.63) is 66.7 Å². The number of aliphatic hydroxyl groups is 3. The third-order valence-electron chi connectivity index (χ3n) is 7.95. The van der Waals surface area contributed by atoms with Crippen molar-refractivity contribution >= 4 is 57.6 Å². The van der Waals surface area contributed by atoms with E-state index < -0.39 is 24.2 Å². The first-order valence-electron chi connectivity index (χ1n) is 14.3. The highest BCUT2D eigenvalue weighted by molar-refractivity contribution is 14.1. The van der Waals surface area contributed by atoms with Crippen molar-refractivity contribution in [2.24, 2.45) is 5.92 Å². The molecular formula is C31H37Cl2IN2O7. The predicted molar refractivity (Wildman–Crippen MR) is 172 cm³/mol. The SMILES string of the molecule is COc1cc(CO)cc(I)c1OC1C=C(C(=O)NCCO)CC(N(Cc2ccc(Cl)cc2Cl)C(=O)CC2CCCC2)C1O. The maximum Gasteiger partial charge on any atom is 0.247 e. The molecule has 2 aromatic rings. The Labute approximate surface area is 275 Å². The molecule has 0 bridgehead atoms. The average molecular weight is 747 g/mol. The van der Waals surface area contributed by atoms with Crippen molar-refractivity contribution in [2.45, 2.75) is 69.9 Å². The lowest BCUT2D eigenvalue weighted by molar-refractivity contribution is -0.140. The summed E-state index contributed by atoms with van der Waals surface area (Å²) in [4.78, 5) is 28.8. The third kappa shape index (κ3) is 8.55. The van der Waals surface area contributed by atoms with Gasteiger partial charge in [-0.2, -0.15) is 0 Å². The summed E-state index contributed by atoms with van der Waals surface area (Å²) in [5, 5.41) is 34.3. The topological polar surface area (TPSA) is 129 Å². The summed E-state index contributed by atoms with van der Waals surface area (Å²) in [5.74, 6) is 0.372. The van der Waals surface area contributed by atoms with Crippen LogP contribution in [0.3, 0.4) is 0 Å². The molecule has 43 heavy (non-hydrogen) atoms. The minimum Gasteiger partial charge on any atom is -0.493 e. The number of nitrogens with one attached hydrogen (secondary N) is 1. The van der Waals surface area contributed by atoms with Gasteiger partial charge in [0.2, 0.25) is 11.8 Å². The zero-order valence-electron chi connectivity index (χ0n) is 23.9. The van der Waals surface area contributed by atoms with Crippen LogP contribution in [0.2, 0.25) is 10.0 Å². The number of aliphatic hydroxyl groups excluding tert-OH is 3. The lowest BCUT2D eigenvalue weighted by Gasteiger charge is -2.41. The van der Waals surface area contributed by atoms with Crippen molar-refractivity contribution in [2.75, 3.05) is 20.3 Å². The maximum absolute atomic E-state index is 14.0. The zero-order chi connectivity index (χ0) is 31.1. The van der Waals surface area contributed by atoms with E-state index in [0.29, 0.717) is 48.2 Å². The van der Waals surface area contributed by atoms with Gasteiger partial charge in [-0.25, -0.2) is 0 Å². The van der Waals surface area contributed by atoms with Crippen LogP contribution in [-0.2, 0) is 22.7 Å². The van der Waals surface area contributed by atoms with Crippen LogP contribution in [-0.4, -0.2) is 70.5 Å². The number of methoxy groups -OCH3 is 1. The van der Waals surface area contributed by atoms with E-state index in [0.717, 1.165) is 25.7 Å². The molecule has 0 spiro atoms. The molecule has 2 aliphatic carbocycles. The lowest BCUT2D eigenvalue weighted by atomic mass is 9.87. The van der Waals surface area contributed by atoms with Crippen LogP contribution in [0.4, 0.5) is 0 Å². The molecule has 9 nitrogen and oxygen atoms in total. The summed E-state index contributed by atoms with van der Waals surface area (Å²) in [6.07, 6.45) is 3.80. The Morgan fingerprint density at radius 2 is 1.88 bits per heavy atom. The second-order valence-electron chi connectivity index (χ2n) is 10.9. The number of nitrogens with zero attached hydrogens (tertiary/aromatic N) is 1. The van der Waals surface area contributed by atoms with Gasteiger partial charge in [-0.15, -0.1) is 0 Å². The van der Waals surface area contributed by atoms with E-state index in [4.69, 9.17) is 32.7 Å². The Balaban J connectivity index is 1.73. The highest BCUT2D eigenvalue weighted by Crippen LogP contribution is 2.38. The molecule has 4 N–H and O–H groups in total. The van der Waals surface area contributed by atoms with Crippen LogP contribution in [0.15, 0.2) is 42.0 Å². The molecule has 1 fully saturated rings. The normalized spacial score (nSPS) is 20.4. The van der Waals surface area contributed by atoms with E-state index in [-0.39, 0.29) is 44.5 Å². The molecule has 0 aromatic heterocycles. The summed E-state index contributed by atoms with van der Waals surface area (Å²) in [7, 11) is 1.47. The van der Waals surface area contributed by atoms with Crippen LogP contribution in [0.1, 0.15) is 49.7 Å². The summed E-state index contributed by atoms with van der Waals surface area (Å²) in [6.45, 7) is -0.276. The van der Waals surface area contributed by atoms with E-state index in [9.17, 15) is 24.9 Å². The molecule has 2 aliphatic rings. The van der Waals surface area contributed by atoms with Gasteiger partial charge in [0.05, 0.1) is 29.9 Å². The molecule has 0 heterocycles. The van der Waals surface area contributed by atoms with Gasteiger partial charge in [-0.3, -0.25) is 9.59 Å². The Morgan fingerprint density at radius 1 is 1.14 bits per heavy atom. The van der Waals surface area contributed by atoms with Crippen molar-refractivity contribution in [1.82, 2.24) is 10.2 Å². The number of carbonyl (C=O) groups excluding carboxylic acids is 2. The minimum atomic E-state index is -1.22. The van der Waals surface area contributed by atoms with E-state index in [1.807, 2.05) is 0 Å². The van der Waals surface area contributed by atoms with Crippen LogP contribution in [0.5, 0.6) is 11.5 Å². The van der Waals surface area contributed by atoms with Crippen LogP contribution >= 0.6 is 45.8 Å². The number of amides is 2. The van der Waals surface area contributed by atoms with Gasteiger partial charge in [0.15, 0.2) is 11.5 Å². The van der Waals surface area contributed by atoms with E-state index >= 15 is 0 Å². The van der Waals surface area contributed by atoms with Crippen LogP contribution < -0.4 is 14.8 Å². The summed E-state index contributed by atoms with van der Waals surface area (Å²) >= 11 is 14.7. The van der Waals surface area contributed by atoms with Gasteiger partial charge >= 0.3 is 0 Å². The molecule has 0 radical (unpaired) electrons. The second kappa shape index (κ2) is 15.8. The Kier molecular flexibility index (Phi) is 12.4. The Hall–Kier alpha value is -2.09. The molecule has 0 aliphatic heterocycles. The number of hydrogen-bond acceptors (Lipinski definition) is 7. The number of hydrogen-bond donors (Lipinski definition) is 4. The first kappa shape index (κ1) is 33.8. The summed E-state index contributed by atoms with van der Waals surface area (Å²) in [5.41, 5.74) is 1.60. The van der Waals surface area contributed by atoms with Crippen molar-refractivity contribution in [1.29, 1.82) is 0 Å². The Bertz CT molecular complexity index is 1340. The van der Waals surface area contributed by atoms with Crippen molar-refractivity contribution in [3.63, 3.8) is 0 Å². The minimum absolute atomic E-state index is 0.0496.